The zero-order valence-electron chi connectivity index (χ0n) is 16.7. The number of ether oxygens (including phenoxy) is 1. The first-order valence-electron chi connectivity index (χ1n) is 9.57. The molecule has 0 aliphatic rings. The molecule has 0 saturated heterocycles. The van der Waals surface area contributed by atoms with Crippen molar-refractivity contribution in [1.29, 1.82) is 0 Å². The first-order valence-corrected chi connectivity index (χ1v) is 10.3. The minimum Gasteiger partial charge on any atom is -0.465 e. The van der Waals surface area contributed by atoms with Crippen molar-refractivity contribution in [3.8, 4) is 0 Å². The van der Waals surface area contributed by atoms with Gasteiger partial charge in [0.2, 0.25) is 0 Å². The molecule has 0 aliphatic carbocycles. The normalized spacial score (nSPS) is 12.2. The van der Waals surface area contributed by atoms with E-state index in [4.69, 9.17) is 8.92 Å². The zero-order chi connectivity index (χ0) is 19.6. The van der Waals surface area contributed by atoms with Gasteiger partial charge in [-0.15, -0.1) is 0 Å². The Kier molecular flexibility index (Phi) is 8.89. The molecule has 0 fully saturated rings. The molecule has 1 unspecified atom stereocenters. The summed E-state index contributed by atoms with van der Waals surface area (Å²) in [5, 5.41) is 0. The highest BCUT2D eigenvalue weighted by molar-refractivity contribution is 7.94. The van der Waals surface area contributed by atoms with Crippen molar-refractivity contribution in [3.05, 3.63) is 65.2 Å². The Morgan fingerprint density at radius 1 is 0.963 bits per heavy atom. The van der Waals surface area contributed by atoms with E-state index in [2.05, 4.69) is 45.0 Å². The van der Waals surface area contributed by atoms with E-state index >= 15 is 0 Å². The van der Waals surface area contributed by atoms with Crippen LogP contribution in [-0.4, -0.2) is 19.2 Å². The van der Waals surface area contributed by atoms with Gasteiger partial charge in [0.25, 0.3) is 0 Å². The third kappa shape index (κ3) is 7.77. The molecule has 1 atom stereocenters. The molecule has 2 aromatic carbocycles. The van der Waals surface area contributed by atoms with E-state index in [1.807, 2.05) is 31.2 Å². The maximum atomic E-state index is 12.2. The summed E-state index contributed by atoms with van der Waals surface area (Å²) >= 11 is 1.36. The van der Waals surface area contributed by atoms with Crippen molar-refractivity contribution >= 4 is 18.0 Å². The van der Waals surface area contributed by atoms with Gasteiger partial charge in [0.15, 0.2) is 0 Å². The van der Waals surface area contributed by atoms with E-state index < -0.39 is 0 Å². The lowest BCUT2D eigenvalue weighted by Crippen LogP contribution is -2.14. The number of hydrogen-bond acceptors (Lipinski definition) is 4. The van der Waals surface area contributed by atoms with Gasteiger partial charge in [-0.25, -0.2) is 0 Å². The van der Waals surface area contributed by atoms with Gasteiger partial charge in [0, 0.05) is 23.4 Å². The third-order valence-corrected chi connectivity index (χ3v) is 5.02. The van der Waals surface area contributed by atoms with Gasteiger partial charge in [0.05, 0.1) is 19.1 Å². The van der Waals surface area contributed by atoms with Crippen LogP contribution in [0.2, 0.25) is 0 Å². The van der Waals surface area contributed by atoms with E-state index in [1.54, 1.807) is 0 Å². The van der Waals surface area contributed by atoms with Crippen molar-refractivity contribution < 1.29 is 13.7 Å². The van der Waals surface area contributed by atoms with Crippen LogP contribution in [0.25, 0.3) is 0 Å². The summed E-state index contributed by atoms with van der Waals surface area (Å²) in [7, 11) is 0. The van der Waals surface area contributed by atoms with E-state index in [1.165, 1.54) is 23.2 Å². The van der Waals surface area contributed by atoms with Crippen LogP contribution in [0.15, 0.2) is 53.4 Å². The van der Waals surface area contributed by atoms with E-state index in [-0.39, 0.29) is 11.9 Å². The highest BCUT2D eigenvalue weighted by atomic mass is 32.2. The molecule has 0 heterocycles. The van der Waals surface area contributed by atoms with Crippen LogP contribution in [0.4, 0.5) is 0 Å². The lowest BCUT2D eigenvalue weighted by molar-refractivity contribution is -0.145. The van der Waals surface area contributed by atoms with Crippen LogP contribution >= 0.6 is 12.0 Å². The van der Waals surface area contributed by atoms with Crippen molar-refractivity contribution in [2.24, 2.45) is 5.92 Å². The summed E-state index contributed by atoms with van der Waals surface area (Å²) in [6.45, 7) is 9.29. The Morgan fingerprint density at radius 2 is 1.63 bits per heavy atom. The predicted octanol–water partition coefficient (Wildman–Crippen LogP) is 5.95. The monoisotopic (exact) mass is 386 g/mol. The average Bonchev–Trinajstić information content (AvgIpc) is 2.65. The molecule has 27 heavy (non-hydrogen) atoms. The summed E-state index contributed by atoms with van der Waals surface area (Å²) < 4.78 is 10.9. The van der Waals surface area contributed by atoms with Gasteiger partial charge in [-0.2, -0.15) is 0 Å². The highest BCUT2D eigenvalue weighted by Gasteiger charge is 2.16. The summed E-state index contributed by atoms with van der Waals surface area (Å²) in [6, 6.07) is 16.5. The molecule has 0 aromatic heterocycles. The van der Waals surface area contributed by atoms with E-state index in [9.17, 15) is 4.79 Å². The van der Waals surface area contributed by atoms with Crippen molar-refractivity contribution in [3.63, 3.8) is 0 Å². The second kappa shape index (κ2) is 11.2. The molecule has 146 valence electrons. The molecule has 2 aromatic rings. The SMILES string of the molecule is Cc1ccc(SOCCCOC(=O)C(C)c2ccc(CC(C)C)cc2)cc1. The maximum Gasteiger partial charge on any atom is 0.313 e. The Balaban J connectivity index is 1.65. The molecule has 0 aliphatic heterocycles. The summed E-state index contributed by atoms with van der Waals surface area (Å²) in [5.41, 5.74) is 3.53. The number of carbonyl (C=O) groups excluding carboxylic acids is 1. The molecule has 2 rings (SSSR count). The van der Waals surface area contributed by atoms with Gasteiger partial charge in [-0.1, -0.05) is 55.8 Å². The molecule has 0 N–H and O–H groups in total. The minimum absolute atomic E-state index is 0.183. The number of hydrogen-bond donors (Lipinski definition) is 0. The Labute approximate surface area is 167 Å². The van der Waals surface area contributed by atoms with Gasteiger partial charge < -0.3 is 8.92 Å². The fourth-order valence-corrected chi connectivity index (χ4v) is 3.25. The number of aryl methyl sites for hydroxylation is 1. The average molecular weight is 387 g/mol. The fourth-order valence-electron chi connectivity index (χ4n) is 2.67. The molecular formula is C23H30O3S. The van der Waals surface area contributed by atoms with Crippen molar-refractivity contribution in [2.45, 2.75) is 51.3 Å². The van der Waals surface area contributed by atoms with Crippen LogP contribution in [0, 0.1) is 12.8 Å². The van der Waals surface area contributed by atoms with Gasteiger partial charge in [-0.3, -0.25) is 4.79 Å². The second-order valence-corrected chi connectivity index (χ2v) is 8.17. The number of carbonyl (C=O) groups is 1. The largest absolute Gasteiger partial charge is 0.465 e. The molecule has 0 spiro atoms. The Morgan fingerprint density at radius 3 is 2.26 bits per heavy atom. The smallest absolute Gasteiger partial charge is 0.313 e. The van der Waals surface area contributed by atoms with Crippen LogP contribution in [-0.2, 0) is 20.1 Å². The summed E-state index contributed by atoms with van der Waals surface area (Å²) in [5.74, 6) is 0.198. The quantitative estimate of drug-likeness (QED) is 0.287. The minimum atomic E-state index is -0.249. The lowest BCUT2D eigenvalue weighted by atomic mass is 9.97. The summed E-state index contributed by atoms with van der Waals surface area (Å²) in [4.78, 5) is 13.3. The van der Waals surface area contributed by atoms with Gasteiger partial charge in [0.1, 0.15) is 0 Å². The first kappa shape index (κ1) is 21.5. The molecule has 0 bridgehead atoms. The van der Waals surface area contributed by atoms with Crippen LogP contribution in [0.1, 0.15) is 49.8 Å². The maximum absolute atomic E-state index is 12.2. The fraction of sp³-hybridized carbons (Fsp3) is 0.435. The molecule has 0 saturated carbocycles. The second-order valence-electron chi connectivity index (χ2n) is 7.30. The summed E-state index contributed by atoms with van der Waals surface area (Å²) in [6.07, 6.45) is 1.74. The number of esters is 1. The van der Waals surface area contributed by atoms with E-state index in [0.717, 1.165) is 16.9 Å². The van der Waals surface area contributed by atoms with E-state index in [0.29, 0.717) is 25.6 Å². The van der Waals surface area contributed by atoms with Gasteiger partial charge >= 0.3 is 5.97 Å². The zero-order valence-corrected chi connectivity index (χ0v) is 17.6. The van der Waals surface area contributed by atoms with Crippen LogP contribution in [0.5, 0.6) is 0 Å². The lowest BCUT2D eigenvalue weighted by Gasteiger charge is -2.13. The Hall–Kier alpha value is -1.78. The topological polar surface area (TPSA) is 35.5 Å². The molecule has 3 nitrogen and oxygen atoms in total. The molecule has 4 heteroatoms. The molecular weight excluding hydrogens is 356 g/mol. The van der Waals surface area contributed by atoms with Crippen LogP contribution in [0.3, 0.4) is 0 Å². The third-order valence-electron chi connectivity index (χ3n) is 4.27. The number of rotatable bonds is 10. The molecule has 0 amide bonds. The van der Waals surface area contributed by atoms with Gasteiger partial charge in [-0.05, 0) is 49.4 Å². The standard InChI is InChI=1S/C23H30O3S/c1-17(2)16-20-8-10-21(11-9-20)19(4)23(24)25-14-5-15-26-27-22-12-6-18(3)7-13-22/h6-13,17,19H,5,14-16H2,1-4H3. The Bertz CT molecular complexity index is 693. The molecule has 0 radical (unpaired) electrons. The first-order chi connectivity index (χ1) is 13.0. The number of benzene rings is 2. The van der Waals surface area contributed by atoms with Crippen molar-refractivity contribution in [1.82, 2.24) is 0 Å². The predicted molar refractivity (Wildman–Crippen MR) is 112 cm³/mol. The van der Waals surface area contributed by atoms with Crippen molar-refractivity contribution in [2.75, 3.05) is 13.2 Å². The highest BCUT2D eigenvalue weighted by Crippen LogP contribution is 2.20. The van der Waals surface area contributed by atoms with Crippen LogP contribution < -0.4 is 0 Å².